The van der Waals surface area contributed by atoms with Crippen molar-refractivity contribution in [3.05, 3.63) is 42.0 Å². The van der Waals surface area contributed by atoms with E-state index in [2.05, 4.69) is 57.9 Å². The fraction of sp³-hybridized carbons (Fsp3) is 0.300. The Bertz CT molecular complexity index is 307. The molecule has 2 nitrogen and oxygen atoms in total. The topological polar surface area (TPSA) is 6.48 Å². The Balaban J connectivity index is 0.000000461. The van der Waals surface area contributed by atoms with E-state index in [1.807, 2.05) is 7.05 Å². The van der Waals surface area contributed by atoms with E-state index >= 15 is 0 Å². The molecule has 0 fully saturated rings. The Morgan fingerprint density at radius 3 is 2.50 bits per heavy atom. The quantitative estimate of drug-likeness (QED) is 0.461. The zero-order valence-electron chi connectivity index (χ0n) is 8.38. The van der Waals surface area contributed by atoms with Crippen LogP contribution in [-0.2, 0) is 20.0 Å². The van der Waals surface area contributed by atoms with Crippen LogP contribution in [0, 0.1) is 6.67 Å². The van der Waals surface area contributed by atoms with Gasteiger partial charge in [0, 0.05) is 5.70 Å². The van der Waals surface area contributed by atoms with Crippen molar-refractivity contribution in [2.75, 3.05) is 7.05 Å². The van der Waals surface area contributed by atoms with Crippen molar-refractivity contribution >= 4 is 9.19 Å². The third kappa shape index (κ3) is 2.26. The molecule has 2 aliphatic rings. The molecule has 0 aromatic rings. The summed E-state index contributed by atoms with van der Waals surface area (Å²) in [7, 11) is 6.63. The number of hydrogen-bond acceptors (Lipinski definition) is 2. The van der Waals surface area contributed by atoms with Crippen molar-refractivity contribution in [1.82, 2.24) is 9.80 Å². The van der Waals surface area contributed by atoms with Gasteiger partial charge in [0.15, 0.2) is 0 Å². The molecule has 14 heavy (non-hydrogen) atoms. The first kappa shape index (κ1) is 11.9. The van der Waals surface area contributed by atoms with E-state index in [-0.39, 0.29) is 0 Å². The van der Waals surface area contributed by atoms with Crippen molar-refractivity contribution < 1.29 is 20.0 Å². The van der Waals surface area contributed by atoms with Crippen LogP contribution in [-0.4, -0.2) is 16.8 Å². The molecule has 0 aromatic heterocycles. The van der Waals surface area contributed by atoms with Crippen LogP contribution in [0.25, 0.3) is 0 Å². The molecule has 0 atom stereocenters. The van der Waals surface area contributed by atoms with Gasteiger partial charge >= 0.3 is 29.2 Å². The maximum atomic E-state index is 4.58. The van der Waals surface area contributed by atoms with Gasteiger partial charge in [-0.05, 0) is 44.4 Å². The van der Waals surface area contributed by atoms with Gasteiger partial charge in [-0.2, -0.15) is 6.67 Å². The monoisotopic (exact) mass is 393 g/mol. The Morgan fingerprint density at radius 1 is 1.29 bits per heavy atom. The van der Waals surface area contributed by atoms with E-state index in [0.29, 0.717) is 0 Å². The van der Waals surface area contributed by atoms with Crippen LogP contribution in [0.2, 0.25) is 0 Å². The van der Waals surface area contributed by atoms with Crippen molar-refractivity contribution in [2.45, 2.75) is 13.8 Å². The maximum absolute atomic E-state index is 4.58. The van der Waals surface area contributed by atoms with Gasteiger partial charge in [0.05, 0.1) is 0 Å². The van der Waals surface area contributed by atoms with Gasteiger partial charge < -0.3 is 9.80 Å². The number of hydrogen-bond donors (Lipinski definition) is 0. The molecule has 0 unspecified atom stereocenters. The van der Waals surface area contributed by atoms with Crippen LogP contribution >= 0.6 is 9.19 Å². The molecule has 0 saturated heterocycles. The Kier molecular flexibility index (Phi) is 4.32. The molecular weight excluding hydrogens is 381 g/mol. The molecule has 0 radical (unpaired) electrons. The first-order valence-electron chi connectivity index (χ1n) is 4.23. The molecule has 4 heteroatoms. The molecule has 0 aliphatic carbocycles. The van der Waals surface area contributed by atoms with Gasteiger partial charge in [-0.3, -0.25) is 0 Å². The van der Waals surface area contributed by atoms with Crippen LogP contribution in [0.5, 0.6) is 0 Å². The average molecular weight is 394 g/mol. The summed E-state index contributed by atoms with van der Waals surface area (Å²) in [5.41, 5.74) is 3.88. The summed E-state index contributed by atoms with van der Waals surface area (Å²) in [6.45, 7) is 6.35. The first-order valence-corrected chi connectivity index (χ1v) is 6.92. The first-order chi connectivity index (χ1) is 6.68. The Morgan fingerprint density at radius 2 is 1.93 bits per heavy atom. The molecule has 2 rings (SSSR count). The van der Waals surface area contributed by atoms with E-state index in [1.165, 1.54) is 17.0 Å². The summed E-state index contributed by atoms with van der Waals surface area (Å²) >= 11 is 1.75. The fourth-order valence-corrected chi connectivity index (χ4v) is 1.52. The van der Waals surface area contributed by atoms with Gasteiger partial charge in [-0.25, -0.2) is 0 Å². The summed E-state index contributed by atoms with van der Waals surface area (Å²) in [4.78, 5) is 4.28. The van der Waals surface area contributed by atoms with Crippen LogP contribution in [0.1, 0.15) is 13.8 Å². The molecule has 2 heterocycles. The van der Waals surface area contributed by atoms with Crippen LogP contribution in [0.15, 0.2) is 35.3 Å². The third-order valence-electron chi connectivity index (χ3n) is 2.24. The fourth-order valence-electron chi connectivity index (χ4n) is 1.52. The summed E-state index contributed by atoms with van der Waals surface area (Å²) in [6.07, 6.45) is 6.44. The minimum absolute atomic E-state index is 1.27. The average Bonchev–Trinajstić information content (AvgIpc) is 2.58. The van der Waals surface area contributed by atoms with Crippen LogP contribution < -0.4 is 0 Å². The van der Waals surface area contributed by atoms with E-state index in [0.717, 1.165) is 0 Å². The van der Waals surface area contributed by atoms with Crippen LogP contribution in [0.4, 0.5) is 0 Å². The van der Waals surface area contributed by atoms with E-state index in [4.69, 9.17) is 0 Å². The third-order valence-corrected chi connectivity index (χ3v) is 2.24. The second-order valence-electron chi connectivity index (χ2n) is 3.32. The predicted octanol–water partition coefficient (Wildman–Crippen LogP) is 2.75. The second kappa shape index (κ2) is 5.08. The summed E-state index contributed by atoms with van der Waals surface area (Å²) in [5, 5.41) is 0. The molecule has 0 spiro atoms. The van der Waals surface area contributed by atoms with Gasteiger partial charge in [0.2, 0.25) is 0 Å². The van der Waals surface area contributed by atoms with Crippen molar-refractivity contribution in [1.29, 1.82) is 0 Å². The van der Waals surface area contributed by atoms with Crippen molar-refractivity contribution in [2.24, 2.45) is 0 Å². The van der Waals surface area contributed by atoms with E-state index in [9.17, 15) is 0 Å². The SMILES string of the molecule is CC1=CC=C(C)N2[CH-]N(C)C=C12.[Cl][Au]. The van der Waals surface area contributed by atoms with Crippen molar-refractivity contribution in [3.63, 3.8) is 0 Å². The zero-order chi connectivity index (χ0) is 10.7. The molecular formula is C10H13AuClN2-. The standard InChI is InChI=1S/C10H13N2.Au.ClH/c1-8-4-5-9(2)12-7-11(3)6-10(8)12;;/h4-7H,1-3H3;;1H/q-1;+1;/p-1. The number of halogens is 1. The van der Waals surface area contributed by atoms with E-state index < -0.39 is 0 Å². The second-order valence-corrected chi connectivity index (χ2v) is 3.32. The van der Waals surface area contributed by atoms with Gasteiger partial charge in [-0.15, -0.1) is 0 Å². The summed E-state index contributed by atoms with van der Waals surface area (Å²) in [5.74, 6) is 0. The molecule has 0 bridgehead atoms. The predicted molar refractivity (Wildman–Crippen MR) is 55.4 cm³/mol. The van der Waals surface area contributed by atoms with E-state index in [1.54, 1.807) is 20.0 Å². The zero-order valence-corrected chi connectivity index (χ0v) is 11.3. The molecule has 0 N–H and O–H groups in total. The van der Waals surface area contributed by atoms with Gasteiger partial charge in [-0.1, -0.05) is 6.08 Å². The number of rotatable bonds is 0. The Hall–Kier alpha value is -0.150. The Labute approximate surface area is 102 Å². The van der Waals surface area contributed by atoms with Gasteiger partial charge in [0.25, 0.3) is 0 Å². The molecule has 0 aromatic carbocycles. The summed E-state index contributed by atoms with van der Waals surface area (Å²) < 4.78 is 0. The molecule has 0 saturated carbocycles. The minimum atomic E-state index is 1.27. The van der Waals surface area contributed by atoms with Crippen molar-refractivity contribution in [3.8, 4) is 0 Å². The molecule has 82 valence electrons. The number of fused-ring (bicyclic) bond motifs is 1. The molecule has 0 amide bonds. The molecule has 2 aliphatic heterocycles. The van der Waals surface area contributed by atoms with Crippen LogP contribution in [0.3, 0.4) is 0 Å². The number of nitrogens with zero attached hydrogens (tertiary/aromatic N) is 2. The normalized spacial score (nSPS) is 19.1. The van der Waals surface area contributed by atoms with Gasteiger partial charge in [0.1, 0.15) is 0 Å². The number of allylic oxidation sites excluding steroid dienone is 4. The summed E-state index contributed by atoms with van der Waals surface area (Å²) in [6, 6.07) is 0.